The minimum Gasteiger partial charge on any atom is -0.480 e. The second-order valence-corrected chi connectivity index (χ2v) is 5.72. The molecule has 0 aliphatic carbocycles. The van der Waals surface area contributed by atoms with Crippen LogP contribution in [-0.2, 0) is 4.79 Å². The third-order valence-electron chi connectivity index (χ3n) is 3.48. The summed E-state index contributed by atoms with van der Waals surface area (Å²) in [6.45, 7) is 4.05. The van der Waals surface area contributed by atoms with E-state index >= 15 is 0 Å². The number of aryl methyl sites for hydroxylation is 1. The standard InChI is InChI=1S/C13H13NO2S/c1-6-3-4-9-10-8(5-14-11(6)10)7(2)12(17-9)13(15)16/h3-5,7,12,14H,1-2H3,(H,15,16). The Labute approximate surface area is 103 Å². The maximum Gasteiger partial charge on any atom is 0.317 e. The van der Waals surface area contributed by atoms with E-state index in [0.29, 0.717) is 0 Å². The molecule has 0 saturated heterocycles. The molecule has 0 bridgehead atoms. The van der Waals surface area contributed by atoms with Gasteiger partial charge in [-0.1, -0.05) is 13.0 Å². The lowest BCUT2D eigenvalue weighted by Gasteiger charge is -2.25. The van der Waals surface area contributed by atoms with Crippen LogP contribution in [-0.4, -0.2) is 21.3 Å². The summed E-state index contributed by atoms with van der Waals surface area (Å²) in [6.07, 6.45) is 1.96. The molecule has 2 heterocycles. The predicted octanol–water partition coefficient (Wildman–Crippen LogP) is 3.14. The molecule has 88 valence electrons. The third-order valence-corrected chi connectivity index (χ3v) is 4.94. The van der Waals surface area contributed by atoms with Crippen LogP contribution in [0.3, 0.4) is 0 Å². The van der Waals surface area contributed by atoms with Gasteiger partial charge in [-0.15, -0.1) is 11.8 Å². The van der Waals surface area contributed by atoms with Gasteiger partial charge in [0, 0.05) is 27.9 Å². The number of carboxylic acids is 1. The number of benzene rings is 1. The SMILES string of the molecule is Cc1ccc2c3c(c[nH]c13)C(C)C(C(=O)O)S2. The van der Waals surface area contributed by atoms with E-state index in [1.165, 1.54) is 22.7 Å². The van der Waals surface area contributed by atoms with Crippen LogP contribution in [0.15, 0.2) is 23.2 Å². The molecule has 1 aliphatic heterocycles. The number of hydrogen-bond donors (Lipinski definition) is 2. The summed E-state index contributed by atoms with van der Waals surface area (Å²) in [5.41, 5.74) is 3.47. The molecule has 0 amide bonds. The number of aromatic nitrogens is 1. The zero-order valence-corrected chi connectivity index (χ0v) is 10.5. The number of aromatic amines is 1. The molecule has 3 nitrogen and oxygen atoms in total. The zero-order chi connectivity index (χ0) is 12.2. The van der Waals surface area contributed by atoms with E-state index in [2.05, 4.69) is 11.9 Å². The number of rotatable bonds is 1. The van der Waals surface area contributed by atoms with E-state index in [1.54, 1.807) is 0 Å². The van der Waals surface area contributed by atoms with E-state index in [4.69, 9.17) is 0 Å². The van der Waals surface area contributed by atoms with Crippen LogP contribution in [0.25, 0.3) is 10.9 Å². The summed E-state index contributed by atoms with van der Waals surface area (Å²) in [6, 6.07) is 4.07. The Morgan fingerprint density at radius 2 is 2.24 bits per heavy atom. The lowest BCUT2D eigenvalue weighted by Crippen LogP contribution is -2.25. The Bertz CT molecular complexity index is 617. The quantitative estimate of drug-likeness (QED) is 0.814. The average Bonchev–Trinajstić information content (AvgIpc) is 2.72. The number of H-pyrrole nitrogens is 1. The number of aliphatic carboxylic acids is 1. The van der Waals surface area contributed by atoms with Crippen LogP contribution >= 0.6 is 11.8 Å². The summed E-state index contributed by atoms with van der Waals surface area (Å²) in [7, 11) is 0. The second-order valence-electron chi connectivity index (χ2n) is 4.54. The lowest BCUT2D eigenvalue weighted by atomic mass is 9.95. The van der Waals surface area contributed by atoms with Gasteiger partial charge in [0.05, 0.1) is 0 Å². The van der Waals surface area contributed by atoms with Gasteiger partial charge in [-0.25, -0.2) is 0 Å². The van der Waals surface area contributed by atoms with Crippen molar-refractivity contribution in [1.29, 1.82) is 0 Å². The summed E-state index contributed by atoms with van der Waals surface area (Å²) < 4.78 is 0. The highest BCUT2D eigenvalue weighted by Gasteiger charge is 2.34. The molecule has 0 spiro atoms. The van der Waals surface area contributed by atoms with Gasteiger partial charge in [0.1, 0.15) is 5.25 Å². The number of thioether (sulfide) groups is 1. The normalized spacial score (nSPS) is 22.9. The molecule has 4 heteroatoms. The van der Waals surface area contributed by atoms with Crippen molar-refractivity contribution >= 4 is 28.6 Å². The highest BCUT2D eigenvalue weighted by Crippen LogP contribution is 2.46. The Balaban J connectivity index is 2.27. The zero-order valence-electron chi connectivity index (χ0n) is 9.65. The molecule has 2 unspecified atom stereocenters. The molecule has 0 radical (unpaired) electrons. The first kappa shape index (κ1) is 10.7. The van der Waals surface area contributed by atoms with Gasteiger partial charge in [-0.3, -0.25) is 4.79 Å². The molecule has 2 atom stereocenters. The first-order chi connectivity index (χ1) is 8.09. The Morgan fingerprint density at radius 1 is 1.47 bits per heavy atom. The predicted molar refractivity (Wildman–Crippen MR) is 68.7 cm³/mol. The number of carboxylic acid groups (broad SMARTS) is 1. The van der Waals surface area contributed by atoms with Crippen molar-refractivity contribution in [3.8, 4) is 0 Å². The van der Waals surface area contributed by atoms with Gasteiger partial charge >= 0.3 is 5.97 Å². The Kier molecular flexibility index (Phi) is 2.23. The van der Waals surface area contributed by atoms with E-state index in [0.717, 1.165) is 16.0 Å². The Morgan fingerprint density at radius 3 is 2.94 bits per heavy atom. The monoisotopic (exact) mass is 247 g/mol. The van der Waals surface area contributed by atoms with Gasteiger partial charge in [-0.2, -0.15) is 0 Å². The summed E-state index contributed by atoms with van der Waals surface area (Å²) in [5.74, 6) is -0.691. The summed E-state index contributed by atoms with van der Waals surface area (Å²) >= 11 is 1.46. The smallest absolute Gasteiger partial charge is 0.317 e. The van der Waals surface area contributed by atoms with E-state index in [9.17, 15) is 9.90 Å². The first-order valence-electron chi connectivity index (χ1n) is 5.59. The molecule has 0 saturated carbocycles. The molecule has 2 N–H and O–H groups in total. The second kappa shape index (κ2) is 3.53. The summed E-state index contributed by atoms with van der Waals surface area (Å²) in [4.78, 5) is 15.6. The molecular formula is C13H13NO2S. The van der Waals surface area contributed by atoms with Gasteiger partial charge in [0.2, 0.25) is 0 Å². The minimum absolute atomic E-state index is 0.0422. The molecule has 1 aliphatic rings. The van der Waals surface area contributed by atoms with Crippen molar-refractivity contribution in [2.24, 2.45) is 0 Å². The van der Waals surface area contributed by atoms with Crippen LogP contribution in [0, 0.1) is 6.92 Å². The van der Waals surface area contributed by atoms with E-state index in [-0.39, 0.29) is 11.2 Å². The lowest BCUT2D eigenvalue weighted by molar-refractivity contribution is -0.136. The average molecular weight is 247 g/mol. The van der Waals surface area contributed by atoms with Gasteiger partial charge < -0.3 is 10.1 Å². The highest BCUT2D eigenvalue weighted by atomic mass is 32.2. The molecule has 1 aromatic carbocycles. The van der Waals surface area contributed by atoms with Crippen molar-refractivity contribution in [2.75, 3.05) is 0 Å². The molecule has 1 aromatic heterocycles. The topological polar surface area (TPSA) is 53.1 Å². The number of carbonyl (C=O) groups is 1. The molecule has 3 rings (SSSR count). The van der Waals surface area contributed by atoms with Crippen LogP contribution in [0.1, 0.15) is 24.0 Å². The number of hydrogen-bond acceptors (Lipinski definition) is 2. The molecule has 17 heavy (non-hydrogen) atoms. The van der Waals surface area contributed by atoms with Crippen molar-refractivity contribution in [3.63, 3.8) is 0 Å². The van der Waals surface area contributed by atoms with Crippen LogP contribution < -0.4 is 0 Å². The maximum atomic E-state index is 11.3. The minimum atomic E-state index is -0.733. The van der Waals surface area contributed by atoms with E-state index in [1.807, 2.05) is 25.3 Å². The fourth-order valence-electron chi connectivity index (χ4n) is 2.51. The molecule has 0 fully saturated rings. The number of nitrogens with one attached hydrogen (secondary N) is 1. The molecule has 2 aromatic rings. The van der Waals surface area contributed by atoms with Gasteiger partial charge in [0.15, 0.2) is 0 Å². The third kappa shape index (κ3) is 1.40. The van der Waals surface area contributed by atoms with Crippen molar-refractivity contribution in [1.82, 2.24) is 4.98 Å². The van der Waals surface area contributed by atoms with Crippen LogP contribution in [0.5, 0.6) is 0 Å². The maximum absolute atomic E-state index is 11.3. The largest absolute Gasteiger partial charge is 0.480 e. The fraction of sp³-hybridized carbons (Fsp3) is 0.308. The van der Waals surface area contributed by atoms with E-state index < -0.39 is 5.97 Å². The Hall–Kier alpha value is -1.42. The van der Waals surface area contributed by atoms with Crippen LogP contribution in [0.2, 0.25) is 0 Å². The van der Waals surface area contributed by atoms with Crippen LogP contribution in [0.4, 0.5) is 0 Å². The highest BCUT2D eigenvalue weighted by molar-refractivity contribution is 8.01. The molecular weight excluding hydrogens is 234 g/mol. The van der Waals surface area contributed by atoms with Crippen molar-refractivity contribution in [2.45, 2.75) is 29.9 Å². The van der Waals surface area contributed by atoms with Gasteiger partial charge in [-0.05, 0) is 24.1 Å². The first-order valence-corrected chi connectivity index (χ1v) is 6.47. The van der Waals surface area contributed by atoms with Crippen molar-refractivity contribution in [3.05, 3.63) is 29.5 Å². The van der Waals surface area contributed by atoms with Gasteiger partial charge in [0.25, 0.3) is 0 Å². The summed E-state index contributed by atoms with van der Waals surface area (Å²) in [5, 5.41) is 10.1. The fourth-order valence-corrected chi connectivity index (χ4v) is 3.72. The van der Waals surface area contributed by atoms with Crippen molar-refractivity contribution < 1.29 is 9.90 Å².